The number of nitrogens with two attached hydrogens (primary N) is 1. The molecule has 1 aromatic rings. The van der Waals surface area contributed by atoms with Gasteiger partial charge in [0.15, 0.2) is 0 Å². The number of hydrogen-bond donors (Lipinski definition) is 2. The van der Waals surface area contributed by atoms with E-state index in [9.17, 15) is 4.79 Å². The predicted octanol–water partition coefficient (Wildman–Crippen LogP) is -0.336. The number of aromatic nitrogens is 2. The van der Waals surface area contributed by atoms with E-state index in [0.29, 0.717) is 13.2 Å². The van der Waals surface area contributed by atoms with Crippen molar-refractivity contribution < 1.29 is 14.2 Å². The molecule has 0 saturated carbocycles. The number of methoxy groups -OCH3 is 1. The van der Waals surface area contributed by atoms with Gasteiger partial charge in [-0.3, -0.25) is 4.79 Å². The first kappa shape index (κ1) is 11.4. The average Bonchev–Trinajstić information content (AvgIpc) is 2.61. The molecule has 7 heteroatoms. The Labute approximate surface area is 86.9 Å². The van der Waals surface area contributed by atoms with Crippen LogP contribution in [0.3, 0.4) is 0 Å². The molecule has 7 nitrogen and oxygen atoms in total. The summed E-state index contributed by atoms with van der Waals surface area (Å²) < 4.78 is 9.24. The minimum Gasteiger partial charge on any atom is -0.384 e. The first-order chi connectivity index (χ1) is 7.15. The second kappa shape index (κ2) is 5.30. The summed E-state index contributed by atoms with van der Waals surface area (Å²) in [5, 5.41) is 9.34. The molecule has 0 aliphatic carbocycles. The smallest absolute Gasteiger partial charge is 0.277 e. The predicted molar refractivity (Wildman–Crippen MR) is 52.1 cm³/mol. The normalized spacial score (nSPS) is 12.4. The van der Waals surface area contributed by atoms with Crippen molar-refractivity contribution in [1.29, 1.82) is 0 Å². The highest BCUT2D eigenvalue weighted by Crippen LogP contribution is 2.03. The quantitative estimate of drug-likeness (QED) is 0.695. The van der Waals surface area contributed by atoms with Crippen LogP contribution in [0.25, 0.3) is 0 Å². The van der Waals surface area contributed by atoms with E-state index in [1.54, 1.807) is 7.11 Å². The fourth-order valence-corrected chi connectivity index (χ4v) is 1.05. The van der Waals surface area contributed by atoms with Crippen LogP contribution >= 0.6 is 0 Å². The third-order valence-corrected chi connectivity index (χ3v) is 1.79. The van der Waals surface area contributed by atoms with Crippen LogP contribution in [0.4, 0.5) is 5.82 Å². The number of hydrogen-bond acceptors (Lipinski definition) is 6. The largest absolute Gasteiger partial charge is 0.384 e. The zero-order valence-electron chi connectivity index (χ0n) is 8.69. The Kier molecular flexibility index (Phi) is 4.04. The van der Waals surface area contributed by atoms with Gasteiger partial charge in [0.05, 0.1) is 6.61 Å². The number of nitrogens with one attached hydrogen (secondary N) is 1. The number of amides is 1. The Morgan fingerprint density at radius 1 is 1.67 bits per heavy atom. The summed E-state index contributed by atoms with van der Waals surface area (Å²) >= 11 is 0. The van der Waals surface area contributed by atoms with Gasteiger partial charge in [0.25, 0.3) is 5.91 Å². The Morgan fingerprint density at radius 3 is 2.93 bits per heavy atom. The summed E-state index contributed by atoms with van der Waals surface area (Å²) in [5.74, 6) is -0.177. The Bertz CT molecular complexity index is 325. The van der Waals surface area contributed by atoms with Crippen molar-refractivity contribution in [2.45, 2.75) is 6.92 Å². The molecule has 0 radical (unpaired) electrons. The number of ether oxygens (including phenoxy) is 1. The maximum atomic E-state index is 11.4. The Morgan fingerprint density at radius 2 is 2.40 bits per heavy atom. The van der Waals surface area contributed by atoms with Crippen LogP contribution in [-0.4, -0.2) is 36.5 Å². The van der Waals surface area contributed by atoms with E-state index in [0.717, 1.165) is 0 Å². The molecule has 1 amide bonds. The first-order valence-corrected chi connectivity index (χ1v) is 4.50. The van der Waals surface area contributed by atoms with Crippen LogP contribution < -0.4 is 11.1 Å². The molecule has 3 N–H and O–H groups in total. The molecule has 1 rings (SSSR count). The zero-order chi connectivity index (χ0) is 11.3. The van der Waals surface area contributed by atoms with Gasteiger partial charge in [-0.25, -0.2) is 4.63 Å². The molecule has 84 valence electrons. The lowest BCUT2D eigenvalue weighted by molar-refractivity contribution is 0.0925. The fraction of sp³-hybridized carbons (Fsp3) is 0.625. The van der Waals surface area contributed by atoms with Gasteiger partial charge in [-0.2, -0.15) is 0 Å². The lowest BCUT2D eigenvalue weighted by atomic mass is 10.2. The molecule has 0 fully saturated rings. The summed E-state index contributed by atoms with van der Waals surface area (Å²) in [5.41, 5.74) is 5.37. The van der Waals surface area contributed by atoms with E-state index < -0.39 is 5.91 Å². The number of carbonyl (C=O) groups is 1. The van der Waals surface area contributed by atoms with Crippen molar-refractivity contribution >= 4 is 11.7 Å². The number of rotatable bonds is 5. The van der Waals surface area contributed by atoms with Crippen LogP contribution in [0, 0.1) is 5.92 Å². The van der Waals surface area contributed by atoms with E-state index in [2.05, 4.69) is 20.3 Å². The molecular formula is C8H14N4O3. The average molecular weight is 214 g/mol. The minimum absolute atomic E-state index is 0.00751. The Hall–Kier alpha value is -1.63. The summed E-state index contributed by atoms with van der Waals surface area (Å²) in [6, 6.07) is 0. The molecule has 1 unspecified atom stereocenters. The summed E-state index contributed by atoms with van der Waals surface area (Å²) in [4.78, 5) is 11.4. The molecule has 1 atom stereocenters. The van der Waals surface area contributed by atoms with Crippen LogP contribution in [-0.2, 0) is 4.74 Å². The van der Waals surface area contributed by atoms with E-state index in [4.69, 9.17) is 10.5 Å². The van der Waals surface area contributed by atoms with Crippen molar-refractivity contribution in [3.63, 3.8) is 0 Å². The van der Waals surface area contributed by atoms with Crippen molar-refractivity contribution in [1.82, 2.24) is 15.6 Å². The molecule has 1 aromatic heterocycles. The van der Waals surface area contributed by atoms with E-state index in [1.165, 1.54) is 0 Å². The first-order valence-electron chi connectivity index (χ1n) is 4.50. The van der Waals surface area contributed by atoms with Crippen molar-refractivity contribution in [3.05, 3.63) is 5.69 Å². The van der Waals surface area contributed by atoms with Gasteiger partial charge in [0.1, 0.15) is 0 Å². The lowest BCUT2D eigenvalue weighted by Gasteiger charge is -2.10. The molecule has 15 heavy (non-hydrogen) atoms. The van der Waals surface area contributed by atoms with Crippen molar-refractivity contribution in [2.75, 3.05) is 26.0 Å². The van der Waals surface area contributed by atoms with Gasteiger partial charge in [-0.15, -0.1) is 0 Å². The van der Waals surface area contributed by atoms with Gasteiger partial charge in [0, 0.05) is 13.7 Å². The standard InChI is InChI=1S/C8H14N4O3/c1-5(4-14-2)3-10-8(13)6-7(9)12-15-11-6/h5H,3-4H2,1-2H3,(H2,9,12)(H,10,13). The van der Waals surface area contributed by atoms with Crippen LogP contribution in [0.1, 0.15) is 17.4 Å². The molecule has 0 spiro atoms. The molecule has 0 bridgehead atoms. The number of carbonyl (C=O) groups excluding carboxylic acids is 1. The van der Waals surface area contributed by atoms with Gasteiger partial charge in [-0.05, 0) is 16.2 Å². The second-order valence-electron chi connectivity index (χ2n) is 3.27. The van der Waals surface area contributed by atoms with Crippen LogP contribution in [0.5, 0.6) is 0 Å². The molecule has 0 aliphatic rings. The highest BCUT2D eigenvalue weighted by molar-refractivity contribution is 5.95. The summed E-state index contributed by atoms with van der Waals surface area (Å²) in [6.07, 6.45) is 0. The highest BCUT2D eigenvalue weighted by Gasteiger charge is 2.16. The third kappa shape index (κ3) is 3.21. The number of anilines is 1. The zero-order valence-corrected chi connectivity index (χ0v) is 8.69. The molecule has 1 heterocycles. The summed E-state index contributed by atoms with van der Waals surface area (Å²) in [7, 11) is 1.61. The SMILES string of the molecule is COCC(C)CNC(=O)c1nonc1N. The fourth-order valence-electron chi connectivity index (χ4n) is 1.05. The maximum Gasteiger partial charge on any atom is 0.277 e. The van der Waals surface area contributed by atoms with Crippen molar-refractivity contribution in [3.8, 4) is 0 Å². The summed E-state index contributed by atoms with van der Waals surface area (Å²) in [6.45, 7) is 3.01. The van der Waals surface area contributed by atoms with E-state index in [1.807, 2.05) is 6.92 Å². The van der Waals surface area contributed by atoms with E-state index >= 15 is 0 Å². The van der Waals surface area contributed by atoms with Gasteiger partial charge >= 0.3 is 0 Å². The van der Waals surface area contributed by atoms with E-state index in [-0.39, 0.29) is 17.4 Å². The monoisotopic (exact) mass is 214 g/mol. The maximum absolute atomic E-state index is 11.4. The van der Waals surface area contributed by atoms with Gasteiger partial charge < -0.3 is 15.8 Å². The third-order valence-electron chi connectivity index (χ3n) is 1.79. The molecule has 0 saturated heterocycles. The Balaban J connectivity index is 2.40. The molecule has 0 aliphatic heterocycles. The second-order valence-corrected chi connectivity index (χ2v) is 3.27. The molecule has 0 aromatic carbocycles. The topological polar surface area (TPSA) is 103 Å². The number of nitrogen functional groups attached to an aromatic ring is 1. The lowest BCUT2D eigenvalue weighted by Crippen LogP contribution is -2.30. The van der Waals surface area contributed by atoms with Crippen molar-refractivity contribution in [2.24, 2.45) is 5.92 Å². The van der Waals surface area contributed by atoms with Gasteiger partial charge in [0.2, 0.25) is 11.5 Å². The number of nitrogens with zero attached hydrogens (tertiary/aromatic N) is 2. The molecular weight excluding hydrogens is 200 g/mol. The van der Waals surface area contributed by atoms with Crippen LogP contribution in [0.15, 0.2) is 4.63 Å². The van der Waals surface area contributed by atoms with Crippen LogP contribution in [0.2, 0.25) is 0 Å². The van der Waals surface area contributed by atoms with Gasteiger partial charge in [-0.1, -0.05) is 6.92 Å². The highest BCUT2D eigenvalue weighted by atomic mass is 16.6. The minimum atomic E-state index is -0.392.